The molecule has 4 nitrogen and oxygen atoms in total. The first-order valence-corrected chi connectivity index (χ1v) is 8.60. The van der Waals surface area contributed by atoms with E-state index in [0.717, 1.165) is 40.7 Å². The number of pyridine rings is 1. The molecule has 1 atom stereocenters. The number of anilines is 1. The van der Waals surface area contributed by atoms with E-state index >= 15 is 0 Å². The van der Waals surface area contributed by atoms with Crippen molar-refractivity contribution in [2.75, 3.05) is 11.4 Å². The van der Waals surface area contributed by atoms with Crippen LogP contribution >= 0.6 is 11.6 Å². The number of hydrogen-bond donors (Lipinski definition) is 1. The van der Waals surface area contributed by atoms with Crippen molar-refractivity contribution in [2.24, 2.45) is 0 Å². The molecule has 0 spiro atoms. The summed E-state index contributed by atoms with van der Waals surface area (Å²) >= 11 is 6.14. The number of fused-ring (bicyclic) bond motifs is 2. The van der Waals surface area contributed by atoms with Gasteiger partial charge < -0.3 is 10.0 Å². The van der Waals surface area contributed by atoms with Crippen LogP contribution in [0.25, 0.3) is 5.65 Å². The van der Waals surface area contributed by atoms with Gasteiger partial charge in [-0.15, -0.1) is 0 Å². The molecule has 1 unspecified atom stereocenters. The van der Waals surface area contributed by atoms with E-state index in [1.165, 1.54) is 11.1 Å². The predicted octanol–water partition coefficient (Wildman–Crippen LogP) is 3.91. The molecule has 1 aliphatic rings. The molecule has 5 heteroatoms. The second-order valence-electron chi connectivity index (χ2n) is 6.35. The second kappa shape index (κ2) is 5.80. The summed E-state index contributed by atoms with van der Waals surface area (Å²) in [6, 6.07) is 10.6. The van der Waals surface area contributed by atoms with Gasteiger partial charge in [-0.3, -0.25) is 4.40 Å². The number of aliphatic hydroxyl groups excluding tert-OH is 1. The number of nitrogens with zero attached hydrogens (tertiary/aromatic N) is 3. The van der Waals surface area contributed by atoms with Gasteiger partial charge in [-0.1, -0.05) is 17.7 Å². The summed E-state index contributed by atoms with van der Waals surface area (Å²) in [5.41, 5.74) is 6.38. The fourth-order valence-corrected chi connectivity index (χ4v) is 3.95. The number of benzene rings is 1. The number of imidazole rings is 1. The topological polar surface area (TPSA) is 40.8 Å². The summed E-state index contributed by atoms with van der Waals surface area (Å²) in [6.45, 7) is 5.08. The van der Waals surface area contributed by atoms with Crippen molar-refractivity contribution in [3.05, 3.63) is 64.1 Å². The first-order chi connectivity index (χ1) is 11.6. The Morgan fingerprint density at radius 1 is 1.33 bits per heavy atom. The molecule has 0 fully saturated rings. The zero-order valence-corrected chi connectivity index (χ0v) is 14.6. The number of halogens is 1. The fourth-order valence-electron chi connectivity index (χ4n) is 3.76. The highest BCUT2D eigenvalue weighted by Gasteiger charge is 2.26. The van der Waals surface area contributed by atoms with Gasteiger partial charge in [-0.25, -0.2) is 4.98 Å². The Labute approximate surface area is 146 Å². The van der Waals surface area contributed by atoms with Crippen molar-refractivity contribution in [1.29, 1.82) is 0 Å². The molecule has 0 bridgehead atoms. The van der Waals surface area contributed by atoms with Crippen LogP contribution in [-0.2, 0) is 13.0 Å². The average molecular weight is 342 g/mol. The number of aliphatic hydroxyl groups is 1. The van der Waals surface area contributed by atoms with Gasteiger partial charge in [0.15, 0.2) is 5.65 Å². The molecule has 0 aliphatic carbocycles. The molecule has 3 heterocycles. The smallest absolute Gasteiger partial charge is 0.161 e. The molecule has 0 amide bonds. The lowest BCUT2D eigenvalue weighted by molar-refractivity contribution is 0.275. The van der Waals surface area contributed by atoms with E-state index in [1.807, 2.05) is 29.7 Å². The fraction of sp³-hybridized carbons (Fsp3) is 0.316. The lowest BCUT2D eigenvalue weighted by atomic mass is 9.93. The summed E-state index contributed by atoms with van der Waals surface area (Å²) in [6.07, 6.45) is 2.93. The van der Waals surface area contributed by atoms with Gasteiger partial charge in [-0.05, 0) is 55.7 Å². The average Bonchev–Trinajstić information content (AvgIpc) is 2.90. The Morgan fingerprint density at radius 2 is 2.17 bits per heavy atom. The van der Waals surface area contributed by atoms with Crippen molar-refractivity contribution >= 4 is 22.9 Å². The highest BCUT2D eigenvalue weighted by atomic mass is 35.5. The van der Waals surface area contributed by atoms with E-state index in [4.69, 9.17) is 16.6 Å². The highest BCUT2D eigenvalue weighted by Crippen LogP contribution is 2.36. The third-order valence-corrected chi connectivity index (χ3v) is 5.27. The normalized spacial score (nSPS) is 17.3. The van der Waals surface area contributed by atoms with Crippen LogP contribution in [0.5, 0.6) is 0 Å². The van der Waals surface area contributed by atoms with E-state index in [1.54, 1.807) is 0 Å². The Balaban J connectivity index is 1.82. The van der Waals surface area contributed by atoms with Crippen LogP contribution in [0, 0.1) is 6.92 Å². The molecule has 2 aromatic heterocycles. The summed E-state index contributed by atoms with van der Waals surface area (Å²) in [5.74, 6) is 0. The number of hydrogen-bond acceptors (Lipinski definition) is 3. The van der Waals surface area contributed by atoms with Gasteiger partial charge in [0.2, 0.25) is 0 Å². The minimum absolute atomic E-state index is 0.00661. The van der Waals surface area contributed by atoms with Gasteiger partial charge in [-0.2, -0.15) is 0 Å². The van der Waals surface area contributed by atoms with Crippen LogP contribution in [0.1, 0.15) is 35.5 Å². The van der Waals surface area contributed by atoms with Crippen LogP contribution in [0.4, 0.5) is 5.69 Å². The lowest BCUT2D eigenvalue weighted by Gasteiger charge is -2.37. The van der Waals surface area contributed by atoms with Crippen LogP contribution < -0.4 is 4.90 Å². The Hall–Kier alpha value is -2.04. The quantitative estimate of drug-likeness (QED) is 0.768. The minimum atomic E-state index is -0.00661. The summed E-state index contributed by atoms with van der Waals surface area (Å²) < 4.78 is 1.99. The largest absolute Gasteiger partial charge is 0.390 e. The van der Waals surface area contributed by atoms with Crippen LogP contribution in [0.3, 0.4) is 0 Å². The monoisotopic (exact) mass is 341 g/mol. The van der Waals surface area contributed by atoms with Gasteiger partial charge in [0, 0.05) is 17.8 Å². The standard InChI is InChI=1S/C19H20ClN3O/c1-12-18(11-24)23-8-3-4-17(19(23)21-12)22-9-7-14-10-15(20)5-6-16(14)13(22)2/h3-6,8,10,13,24H,7,9,11H2,1-2H3. The third-order valence-electron chi connectivity index (χ3n) is 5.03. The molecular weight excluding hydrogens is 322 g/mol. The molecular formula is C19H20ClN3O. The number of aromatic nitrogens is 2. The van der Waals surface area contributed by atoms with Crippen molar-refractivity contribution < 1.29 is 5.11 Å². The van der Waals surface area contributed by atoms with E-state index in [0.29, 0.717) is 0 Å². The zero-order valence-electron chi connectivity index (χ0n) is 13.8. The predicted molar refractivity (Wildman–Crippen MR) is 96.8 cm³/mol. The van der Waals surface area contributed by atoms with Gasteiger partial charge >= 0.3 is 0 Å². The molecule has 4 rings (SSSR count). The summed E-state index contributed by atoms with van der Waals surface area (Å²) in [7, 11) is 0. The minimum Gasteiger partial charge on any atom is -0.390 e. The molecule has 3 aromatic rings. The van der Waals surface area contributed by atoms with E-state index in [9.17, 15) is 5.11 Å². The molecule has 1 aromatic carbocycles. The van der Waals surface area contributed by atoms with Gasteiger partial charge in [0.05, 0.1) is 29.7 Å². The Kier molecular flexibility index (Phi) is 3.74. The molecule has 1 N–H and O–H groups in total. The number of rotatable bonds is 2. The molecule has 0 radical (unpaired) electrons. The van der Waals surface area contributed by atoms with Crippen molar-refractivity contribution in [3.8, 4) is 0 Å². The lowest BCUT2D eigenvalue weighted by Crippen LogP contribution is -2.34. The highest BCUT2D eigenvalue weighted by molar-refractivity contribution is 6.30. The molecule has 124 valence electrons. The van der Waals surface area contributed by atoms with Crippen LogP contribution in [0.15, 0.2) is 36.5 Å². The van der Waals surface area contributed by atoms with Crippen molar-refractivity contribution in [2.45, 2.75) is 32.9 Å². The maximum Gasteiger partial charge on any atom is 0.161 e. The molecule has 1 aliphatic heterocycles. The van der Waals surface area contributed by atoms with Crippen LogP contribution in [-0.4, -0.2) is 21.0 Å². The Morgan fingerprint density at radius 3 is 2.96 bits per heavy atom. The maximum absolute atomic E-state index is 9.63. The molecule has 0 saturated heterocycles. The summed E-state index contributed by atoms with van der Waals surface area (Å²) in [4.78, 5) is 7.09. The Bertz CT molecular complexity index is 918. The first-order valence-electron chi connectivity index (χ1n) is 8.22. The first kappa shape index (κ1) is 15.5. The maximum atomic E-state index is 9.63. The van der Waals surface area contributed by atoms with E-state index < -0.39 is 0 Å². The second-order valence-corrected chi connectivity index (χ2v) is 6.79. The molecule has 24 heavy (non-hydrogen) atoms. The van der Waals surface area contributed by atoms with Crippen molar-refractivity contribution in [3.63, 3.8) is 0 Å². The van der Waals surface area contributed by atoms with Gasteiger partial charge in [0.1, 0.15) is 0 Å². The van der Waals surface area contributed by atoms with Gasteiger partial charge in [0.25, 0.3) is 0 Å². The van der Waals surface area contributed by atoms with Crippen molar-refractivity contribution in [1.82, 2.24) is 9.38 Å². The van der Waals surface area contributed by atoms with Crippen LogP contribution in [0.2, 0.25) is 5.02 Å². The summed E-state index contributed by atoms with van der Waals surface area (Å²) in [5, 5.41) is 10.4. The third kappa shape index (κ3) is 2.29. The zero-order chi connectivity index (χ0) is 16.8. The molecule has 0 saturated carbocycles. The van der Waals surface area contributed by atoms with E-state index in [-0.39, 0.29) is 12.6 Å². The number of aryl methyl sites for hydroxylation is 1. The van der Waals surface area contributed by atoms with E-state index in [2.05, 4.69) is 30.0 Å². The SMILES string of the molecule is Cc1nc2c(N3CCc4cc(Cl)ccc4C3C)cccn2c1CO.